The maximum absolute atomic E-state index is 12.5. The highest BCUT2D eigenvalue weighted by atomic mass is 32.2. The molecule has 0 aromatic rings. The molecule has 0 aliphatic carbocycles. The summed E-state index contributed by atoms with van der Waals surface area (Å²) in [6.07, 6.45) is 3.25. The monoisotopic (exact) mass is 347 g/mol. The van der Waals surface area contributed by atoms with Gasteiger partial charge >= 0.3 is 0 Å². The molecule has 1 heterocycles. The lowest BCUT2D eigenvalue weighted by Gasteiger charge is -2.26. The van der Waals surface area contributed by atoms with Crippen LogP contribution in [0.25, 0.3) is 0 Å². The highest BCUT2D eigenvalue weighted by Crippen LogP contribution is 2.21. The van der Waals surface area contributed by atoms with Gasteiger partial charge in [-0.05, 0) is 26.7 Å². The van der Waals surface area contributed by atoms with E-state index in [4.69, 9.17) is 0 Å². The van der Waals surface area contributed by atoms with Gasteiger partial charge in [-0.3, -0.25) is 9.59 Å². The van der Waals surface area contributed by atoms with Crippen molar-refractivity contribution < 1.29 is 18.0 Å². The van der Waals surface area contributed by atoms with Gasteiger partial charge < -0.3 is 9.80 Å². The van der Waals surface area contributed by atoms with Gasteiger partial charge in [0.1, 0.15) is 0 Å². The summed E-state index contributed by atoms with van der Waals surface area (Å²) in [5.74, 6) is -0.411. The lowest BCUT2D eigenvalue weighted by Crippen LogP contribution is -2.44. The summed E-state index contributed by atoms with van der Waals surface area (Å²) >= 11 is 0. The van der Waals surface area contributed by atoms with Gasteiger partial charge in [-0.15, -0.1) is 0 Å². The minimum atomic E-state index is -3.32. The quantitative estimate of drug-likeness (QED) is 0.781. The van der Waals surface area contributed by atoms with Crippen LogP contribution in [0.1, 0.15) is 39.5 Å². The van der Waals surface area contributed by atoms with E-state index in [2.05, 4.69) is 4.72 Å². The van der Waals surface area contributed by atoms with Crippen LogP contribution in [-0.2, 0) is 19.6 Å². The molecule has 1 fully saturated rings. The Morgan fingerprint density at radius 2 is 1.91 bits per heavy atom. The zero-order chi connectivity index (χ0) is 17.6. The van der Waals surface area contributed by atoms with Crippen LogP contribution in [0.15, 0.2) is 0 Å². The normalized spacial score (nSPS) is 23.8. The summed E-state index contributed by atoms with van der Waals surface area (Å²) < 4.78 is 25.4. The first-order valence-corrected chi connectivity index (χ1v) is 10.1. The molecule has 23 heavy (non-hydrogen) atoms. The van der Waals surface area contributed by atoms with E-state index in [1.54, 1.807) is 11.9 Å². The van der Waals surface area contributed by atoms with Crippen LogP contribution in [0.2, 0.25) is 0 Å². The van der Waals surface area contributed by atoms with Gasteiger partial charge in [0.15, 0.2) is 0 Å². The summed E-state index contributed by atoms with van der Waals surface area (Å²) in [6, 6.07) is -0.304. The van der Waals surface area contributed by atoms with Gasteiger partial charge in [-0.2, -0.15) is 0 Å². The third kappa shape index (κ3) is 6.47. The number of sulfonamides is 1. The fourth-order valence-corrected chi connectivity index (χ4v) is 3.80. The molecule has 1 aliphatic rings. The number of nitrogens with zero attached hydrogens (tertiary/aromatic N) is 2. The molecule has 0 radical (unpaired) electrons. The molecule has 2 atom stereocenters. The average molecular weight is 347 g/mol. The molecule has 0 bridgehead atoms. The molecule has 0 aromatic heterocycles. The summed E-state index contributed by atoms with van der Waals surface area (Å²) in [6.45, 7) is 5.45. The van der Waals surface area contributed by atoms with Crippen molar-refractivity contribution in [3.05, 3.63) is 0 Å². The van der Waals surface area contributed by atoms with E-state index in [1.165, 1.54) is 4.90 Å². The number of rotatable bonds is 5. The Balaban J connectivity index is 2.84. The maximum atomic E-state index is 12.5. The third-order valence-electron chi connectivity index (χ3n) is 4.25. The lowest BCUT2D eigenvalue weighted by atomic mass is 9.96. The van der Waals surface area contributed by atoms with Gasteiger partial charge in [-0.1, -0.05) is 6.42 Å². The van der Waals surface area contributed by atoms with Gasteiger partial charge in [0.25, 0.3) is 0 Å². The molecule has 8 heteroatoms. The Hall–Kier alpha value is -1.15. The largest absolute Gasteiger partial charge is 0.344 e. The molecular formula is C15H29N3O4S. The first-order valence-electron chi connectivity index (χ1n) is 8.18. The van der Waals surface area contributed by atoms with Crippen molar-refractivity contribution >= 4 is 21.8 Å². The smallest absolute Gasteiger partial charge is 0.226 e. The molecule has 2 amide bonds. The highest BCUT2D eigenvalue weighted by Gasteiger charge is 2.29. The summed E-state index contributed by atoms with van der Waals surface area (Å²) in [5.41, 5.74) is 0. The molecule has 0 saturated carbocycles. The number of carbonyl (C=O) groups excluding carboxylic acids is 2. The Kier molecular flexibility index (Phi) is 7.47. The maximum Gasteiger partial charge on any atom is 0.226 e. The fourth-order valence-electron chi connectivity index (χ4n) is 3.01. The van der Waals surface area contributed by atoms with Crippen molar-refractivity contribution in [3.8, 4) is 0 Å². The number of likely N-dealkylation sites (N-methyl/N-ethyl adjacent to an activating group) is 1. The second kappa shape index (κ2) is 8.63. The summed E-state index contributed by atoms with van der Waals surface area (Å²) in [5, 5.41) is 0. The molecule has 7 nitrogen and oxygen atoms in total. The van der Waals surface area contributed by atoms with Gasteiger partial charge in [-0.25, -0.2) is 13.1 Å². The average Bonchev–Trinajstić information content (AvgIpc) is 2.50. The Morgan fingerprint density at radius 3 is 2.43 bits per heavy atom. The van der Waals surface area contributed by atoms with E-state index in [9.17, 15) is 18.0 Å². The van der Waals surface area contributed by atoms with E-state index >= 15 is 0 Å². The van der Waals surface area contributed by atoms with Crippen LogP contribution in [0.3, 0.4) is 0 Å². The molecule has 2 unspecified atom stereocenters. The minimum absolute atomic E-state index is 0.0197. The zero-order valence-electron chi connectivity index (χ0n) is 14.5. The van der Waals surface area contributed by atoms with E-state index in [1.807, 2.05) is 13.8 Å². The predicted octanol–water partition coefficient (Wildman–Crippen LogP) is 0.421. The van der Waals surface area contributed by atoms with Gasteiger partial charge in [0.05, 0.1) is 6.26 Å². The number of amides is 2. The molecule has 1 rings (SSSR count). The topological polar surface area (TPSA) is 86.8 Å². The summed E-state index contributed by atoms with van der Waals surface area (Å²) in [7, 11) is -1.66. The highest BCUT2D eigenvalue weighted by molar-refractivity contribution is 7.88. The minimum Gasteiger partial charge on any atom is -0.344 e. The standard InChI is InChI=1S/C15H29N3O4S/c1-5-18(6-2)15(20)12-8-7-9-13(16-23(4,21)22)11-17(3)14(19)10-12/h12-13,16H,5-11H2,1-4H3. The van der Waals surface area contributed by atoms with Crippen LogP contribution in [0.5, 0.6) is 0 Å². The Labute approximate surface area is 139 Å². The van der Waals surface area contributed by atoms with E-state index in [0.29, 0.717) is 38.9 Å². The molecule has 1 aliphatic heterocycles. The second-order valence-electron chi connectivity index (χ2n) is 6.20. The first kappa shape index (κ1) is 19.9. The Bertz CT molecular complexity index is 517. The number of hydrogen-bond donors (Lipinski definition) is 1. The van der Waals surface area contributed by atoms with Crippen molar-refractivity contribution in [1.29, 1.82) is 0 Å². The van der Waals surface area contributed by atoms with Crippen molar-refractivity contribution in [2.24, 2.45) is 5.92 Å². The van der Waals surface area contributed by atoms with Crippen molar-refractivity contribution in [3.63, 3.8) is 0 Å². The lowest BCUT2D eigenvalue weighted by molar-refractivity contribution is -0.140. The van der Waals surface area contributed by atoms with Gasteiger partial charge in [0, 0.05) is 45.1 Å². The Morgan fingerprint density at radius 1 is 1.30 bits per heavy atom. The molecule has 134 valence electrons. The fraction of sp³-hybridized carbons (Fsp3) is 0.867. The number of nitrogens with one attached hydrogen (secondary N) is 1. The molecule has 0 aromatic carbocycles. The van der Waals surface area contributed by atoms with Crippen LogP contribution < -0.4 is 4.72 Å². The third-order valence-corrected chi connectivity index (χ3v) is 5.01. The van der Waals surface area contributed by atoms with Crippen molar-refractivity contribution in [2.45, 2.75) is 45.6 Å². The number of carbonyl (C=O) groups is 2. The van der Waals surface area contributed by atoms with Gasteiger partial charge in [0.2, 0.25) is 21.8 Å². The van der Waals surface area contributed by atoms with Crippen LogP contribution in [-0.4, -0.2) is 69.0 Å². The summed E-state index contributed by atoms with van der Waals surface area (Å²) in [4.78, 5) is 28.1. The number of hydrogen-bond acceptors (Lipinski definition) is 4. The zero-order valence-corrected chi connectivity index (χ0v) is 15.4. The SMILES string of the molecule is CCN(CC)C(=O)C1CCCC(NS(C)(=O)=O)CN(C)C(=O)C1. The van der Waals surface area contributed by atoms with Crippen molar-refractivity contribution in [1.82, 2.24) is 14.5 Å². The van der Waals surface area contributed by atoms with Crippen LogP contribution in [0.4, 0.5) is 0 Å². The molecule has 1 saturated heterocycles. The van der Waals surface area contributed by atoms with Crippen molar-refractivity contribution in [2.75, 3.05) is 32.9 Å². The van der Waals surface area contributed by atoms with E-state index in [-0.39, 0.29) is 30.2 Å². The van der Waals surface area contributed by atoms with Crippen LogP contribution >= 0.6 is 0 Å². The second-order valence-corrected chi connectivity index (χ2v) is 7.98. The molecule has 0 spiro atoms. The molecular weight excluding hydrogens is 318 g/mol. The molecule has 1 N–H and O–H groups in total. The van der Waals surface area contributed by atoms with E-state index < -0.39 is 10.0 Å². The van der Waals surface area contributed by atoms with Crippen LogP contribution in [0, 0.1) is 5.92 Å². The van der Waals surface area contributed by atoms with E-state index in [0.717, 1.165) is 6.26 Å². The predicted molar refractivity (Wildman–Crippen MR) is 89.3 cm³/mol. The first-order chi connectivity index (χ1) is 10.7.